The highest BCUT2D eigenvalue weighted by Crippen LogP contribution is 2.45. The lowest BCUT2D eigenvalue weighted by molar-refractivity contribution is -0.161. The number of carbonyl (C=O) groups is 4. The van der Waals surface area contributed by atoms with Gasteiger partial charge >= 0.3 is 39.5 Å². The van der Waals surface area contributed by atoms with Crippen molar-refractivity contribution in [2.75, 3.05) is 39.6 Å². The quantitative estimate of drug-likeness (QED) is 0.0222. The topological polar surface area (TPSA) is 237 Å². The van der Waals surface area contributed by atoms with Gasteiger partial charge in [-0.15, -0.1) is 0 Å². The molecule has 0 heterocycles. The zero-order chi connectivity index (χ0) is 67.9. The van der Waals surface area contributed by atoms with E-state index in [9.17, 15) is 43.2 Å². The summed E-state index contributed by atoms with van der Waals surface area (Å²) >= 11 is 0. The predicted molar refractivity (Wildman–Crippen MR) is 372 cm³/mol. The van der Waals surface area contributed by atoms with Crippen LogP contribution in [0.25, 0.3) is 0 Å². The first-order valence-electron chi connectivity index (χ1n) is 38.0. The van der Waals surface area contributed by atoms with Crippen molar-refractivity contribution >= 4 is 39.5 Å². The number of aliphatic hydroxyl groups excluding tert-OH is 1. The molecule has 0 amide bonds. The number of phosphoric ester groups is 2. The fourth-order valence-electron chi connectivity index (χ4n) is 11.1. The zero-order valence-corrected chi connectivity index (χ0v) is 61.6. The number of hydrogen-bond acceptors (Lipinski definition) is 15. The summed E-state index contributed by atoms with van der Waals surface area (Å²) in [5, 5.41) is 10.6. The Morgan fingerprint density at radius 2 is 0.500 bits per heavy atom. The van der Waals surface area contributed by atoms with E-state index in [4.69, 9.17) is 37.0 Å². The number of carbonyl (C=O) groups excluding carboxylic acids is 4. The largest absolute Gasteiger partial charge is 0.472 e. The summed E-state index contributed by atoms with van der Waals surface area (Å²) in [6.07, 6.45) is 51.3. The molecule has 0 aromatic carbocycles. The van der Waals surface area contributed by atoms with E-state index in [0.717, 1.165) is 102 Å². The molecule has 0 bridgehead atoms. The van der Waals surface area contributed by atoms with Crippen LogP contribution in [0.3, 0.4) is 0 Å². The van der Waals surface area contributed by atoms with E-state index in [2.05, 4.69) is 41.5 Å². The van der Waals surface area contributed by atoms with Crippen LogP contribution in [0.2, 0.25) is 0 Å². The van der Waals surface area contributed by atoms with E-state index in [-0.39, 0.29) is 25.7 Å². The molecule has 2 unspecified atom stereocenters. The molecule has 0 aromatic heterocycles. The van der Waals surface area contributed by atoms with Gasteiger partial charge in [-0.25, -0.2) is 9.13 Å². The number of rotatable bonds is 72. The number of esters is 4. The Morgan fingerprint density at radius 3 is 0.739 bits per heavy atom. The molecule has 5 atom stereocenters. The summed E-state index contributed by atoms with van der Waals surface area (Å²) in [5.41, 5.74) is 0. The van der Waals surface area contributed by atoms with Gasteiger partial charge in [0.05, 0.1) is 26.4 Å². The maximum Gasteiger partial charge on any atom is 0.472 e. The van der Waals surface area contributed by atoms with Crippen molar-refractivity contribution in [2.45, 2.75) is 394 Å². The molecule has 3 N–H and O–H groups in total. The molecule has 0 radical (unpaired) electrons. The van der Waals surface area contributed by atoms with E-state index in [1.807, 2.05) is 0 Å². The van der Waals surface area contributed by atoms with Crippen LogP contribution in [-0.2, 0) is 65.4 Å². The van der Waals surface area contributed by atoms with Crippen LogP contribution in [-0.4, -0.2) is 96.7 Å². The molecule has 546 valence electrons. The van der Waals surface area contributed by atoms with Crippen molar-refractivity contribution in [2.24, 2.45) is 11.8 Å². The average Bonchev–Trinajstić information content (AvgIpc) is 1.73. The minimum atomic E-state index is -4.95. The highest BCUT2D eigenvalue weighted by Gasteiger charge is 2.30. The van der Waals surface area contributed by atoms with Gasteiger partial charge in [0.2, 0.25) is 0 Å². The van der Waals surface area contributed by atoms with Gasteiger partial charge in [-0.3, -0.25) is 37.3 Å². The molecule has 17 nitrogen and oxygen atoms in total. The molecule has 0 rings (SSSR count). The summed E-state index contributed by atoms with van der Waals surface area (Å²) in [7, 11) is -9.90. The molecule has 0 aromatic rings. The lowest BCUT2D eigenvalue weighted by atomic mass is 10.0. The fraction of sp³-hybridized carbons (Fsp3) is 0.945. The minimum Gasteiger partial charge on any atom is -0.462 e. The number of hydrogen-bond donors (Lipinski definition) is 3. The van der Waals surface area contributed by atoms with Gasteiger partial charge in [0.25, 0.3) is 0 Å². The van der Waals surface area contributed by atoms with E-state index in [1.165, 1.54) is 186 Å². The smallest absolute Gasteiger partial charge is 0.462 e. The maximum atomic E-state index is 13.1. The van der Waals surface area contributed by atoms with Crippen LogP contribution in [0.15, 0.2) is 0 Å². The average molecular weight is 1350 g/mol. The molecule has 0 fully saturated rings. The molecule has 0 aliphatic rings. The molecule has 92 heavy (non-hydrogen) atoms. The lowest BCUT2D eigenvalue weighted by Gasteiger charge is -2.21. The van der Waals surface area contributed by atoms with Gasteiger partial charge in [0, 0.05) is 25.7 Å². The first-order chi connectivity index (χ1) is 44.4. The van der Waals surface area contributed by atoms with Crippen molar-refractivity contribution in [1.29, 1.82) is 0 Å². The Hall–Kier alpha value is -1.94. The van der Waals surface area contributed by atoms with Crippen LogP contribution in [0.4, 0.5) is 0 Å². The van der Waals surface area contributed by atoms with E-state index >= 15 is 0 Å². The molecular formula is C73H142O17P2. The second-order valence-corrected chi connectivity index (χ2v) is 30.2. The highest BCUT2D eigenvalue weighted by molar-refractivity contribution is 7.47. The Kier molecular flexibility index (Phi) is 63.7. The van der Waals surface area contributed by atoms with Crippen molar-refractivity contribution in [3.05, 3.63) is 0 Å². The Balaban J connectivity index is 5.24. The van der Waals surface area contributed by atoms with Crippen molar-refractivity contribution in [1.82, 2.24) is 0 Å². The van der Waals surface area contributed by atoms with Crippen LogP contribution in [0.1, 0.15) is 375 Å². The summed E-state index contributed by atoms with van der Waals surface area (Å²) < 4.78 is 68.4. The fourth-order valence-corrected chi connectivity index (χ4v) is 12.7. The van der Waals surface area contributed by atoms with E-state index in [1.54, 1.807) is 0 Å². The van der Waals surface area contributed by atoms with E-state index in [0.29, 0.717) is 31.6 Å². The summed E-state index contributed by atoms with van der Waals surface area (Å²) in [5.74, 6) is -0.643. The number of ether oxygens (including phenoxy) is 4. The van der Waals surface area contributed by atoms with Gasteiger partial charge < -0.3 is 33.8 Å². The first-order valence-corrected chi connectivity index (χ1v) is 41.0. The van der Waals surface area contributed by atoms with Crippen LogP contribution >= 0.6 is 15.6 Å². The standard InChI is InChI=1S/C73H142O17P2/c1-7-9-11-13-15-17-19-20-21-22-23-24-28-33-39-46-52-58-73(78)89-68(61-83-70(75)55-49-43-37-31-29-25-27-30-35-41-47-53-65(3)4)63-87-91(79,80)85-59-67(74)60-86-92(81,82)88-64-69(62-84-71(76)56-50-44-40-34-36-42-48-54-66(5)6)90-72(77)57-51-45-38-32-26-18-16-14-12-10-8-2/h65-69,74H,7-64H2,1-6H3,(H,79,80)(H,81,82)/t67-,68-,69-/m1/s1. The monoisotopic (exact) mass is 1350 g/mol. The van der Waals surface area contributed by atoms with Gasteiger partial charge in [-0.05, 0) is 37.5 Å². The number of phosphoric acid groups is 2. The second kappa shape index (κ2) is 65.0. The number of aliphatic hydroxyl groups is 1. The molecule has 0 saturated heterocycles. The summed E-state index contributed by atoms with van der Waals surface area (Å²) in [4.78, 5) is 72.6. The van der Waals surface area contributed by atoms with Gasteiger partial charge in [-0.1, -0.05) is 324 Å². The predicted octanol–water partition coefficient (Wildman–Crippen LogP) is 21.2. The summed E-state index contributed by atoms with van der Waals surface area (Å²) in [6, 6.07) is 0. The molecule has 0 aliphatic carbocycles. The summed E-state index contributed by atoms with van der Waals surface area (Å²) in [6.45, 7) is 9.52. The number of unbranched alkanes of at least 4 members (excludes halogenated alkanes) is 42. The van der Waals surface area contributed by atoms with Gasteiger partial charge in [0.1, 0.15) is 19.3 Å². The third-order valence-corrected chi connectivity index (χ3v) is 18.9. The van der Waals surface area contributed by atoms with Crippen LogP contribution in [0.5, 0.6) is 0 Å². The van der Waals surface area contributed by atoms with E-state index < -0.39 is 97.5 Å². The third kappa shape index (κ3) is 66.7. The molecule has 0 saturated carbocycles. The Labute approximate surface area is 562 Å². The molecular weight excluding hydrogens is 1210 g/mol. The SMILES string of the molecule is CCCCCCCCCCCCCCCCCCCC(=O)O[C@H](COC(=O)CCCCCCCCCCCCCC(C)C)COP(=O)(O)OC[C@@H](O)COP(=O)(O)OC[C@@H](COC(=O)CCCCCCCCCC(C)C)OC(=O)CCCCCCCCCCCCC. The first kappa shape index (κ1) is 90.1. The molecule has 0 spiro atoms. The zero-order valence-electron chi connectivity index (χ0n) is 59.9. The Bertz CT molecular complexity index is 1790. The normalized spacial score (nSPS) is 14.1. The van der Waals surface area contributed by atoms with Crippen LogP contribution < -0.4 is 0 Å². The van der Waals surface area contributed by atoms with Crippen LogP contribution in [0, 0.1) is 11.8 Å². The highest BCUT2D eigenvalue weighted by atomic mass is 31.2. The van der Waals surface area contributed by atoms with Crippen molar-refractivity contribution in [3.8, 4) is 0 Å². The minimum absolute atomic E-state index is 0.106. The van der Waals surface area contributed by atoms with Crippen molar-refractivity contribution < 1.29 is 80.2 Å². The maximum absolute atomic E-state index is 13.1. The molecule has 19 heteroatoms. The Morgan fingerprint density at radius 1 is 0.293 bits per heavy atom. The third-order valence-electron chi connectivity index (χ3n) is 17.0. The second-order valence-electron chi connectivity index (χ2n) is 27.3. The van der Waals surface area contributed by atoms with Crippen molar-refractivity contribution in [3.63, 3.8) is 0 Å². The van der Waals surface area contributed by atoms with Gasteiger partial charge in [0.15, 0.2) is 12.2 Å². The van der Waals surface area contributed by atoms with Gasteiger partial charge in [-0.2, -0.15) is 0 Å². The molecule has 0 aliphatic heterocycles. The lowest BCUT2D eigenvalue weighted by Crippen LogP contribution is -2.30.